The lowest BCUT2D eigenvalue weighted by atomic mass is 10.0. The zero-order chi connectivity index (χ0) is 18.9. The van der Waals surface area contributed by atoms with E-state index >= 15 is 0 Å². The van der Waals surface area contributed by atoms with E-state index in [2.05, 4.69) is 15.7 Å². The average molecular weight is 376 g/mol. The lowest BCUT2D eigenvalue weighted by molar-refractivity contribution is 0.242. The van der Waals surface area contributed by atoms with Gasteiger partial charge in [0.15, 0.2) is 9.84 Å². The first-order chi connectivity index (χ1) is 12.1. The minimum Gasteiger partial charge on any atom is -0.332 e. The molecule has 0 aliphatic carbocycles. The number of aryl methyl sites for hydroxylation is 2. The maximum absolute atomic E-state index is 12.2. The van der Waals surface area contributed by atoms with Crippen molar-refractivity contribution in [3.05, 3.63) is 47.3 Å². The molecular formula is C18H24N4O3S. The van der Waals surface area contributed by atoms with Gasteiger partial charge in [-0.3, -0.25) is 4.68 Å². The first kappa shape index (κ1) is 18.4. The van der Waals surface area contributed by atoms with Crippen molar-refractivity contribution < 1.29 is 13.2 Å². The molecular weight excluding hydrogens is 352 g/mol. The van der Waals surface area contributed by atoms with Gasteiger partial charge >= 0.3 is 6.03 Å². The van der Waals surface area contributed by atoms with Crippen molar-refractivity contribution >= 4 is 21.6 Å². The zero-order valence-electron chi connectivity index (χ0n) is 15.2. The monoisotopic (exact) mass is 376 g/mol. The number of urea groups is 1. The number of nitrogens with one attached hydrogen (secondary N) is 2. The summed E-state index contributed by atoms with van der Waals surface area (Å²) in [5.74, 6) is 0.0970. The Kier molecular flexibility index (Phi) is 4.79. The van der Waals surface area contributed by atoms with Gasteiger partial charge in [0.2, 0.25) is 0 Å². The van der Waals surface area contributed by atoms with Crippen LogP contribution in [0.25, 0.3) is 0 Å². The number of hydrogen-bond acceptors (Lipinski definition) is 4. The molecule has 0 radical (unpaired) electrons. The summed E-state index contributed by atoms with van der Waals surface area (Å²) >= 11 is 0. The molecule has 26 heavy (non-hydrogen) atoms. The van der Waals surface area contributed by atoms with Crippen molar-refractivity contribution in [2.75, 3.05) is 16.8 Å². The van der Waals surface area contributed by atoms with Crippen molar-refractivity contribution in [1.82, 2.24) is 15.1 Å². The van der Waals surface area contributed by atoms with Gasteiger partial charge in [0, 0.05) is 11.4 Å². The van der Waals surface area contributed by atoms with E-state index in [4.69, 9.17) is 0 Å². The Bertz CT molecular complexity index is 918. The molecule has 0 bridgehead atoms. The highest BCUT2D eigenvalue weighted by atomic mass is 32.2. The molecule has 1 atom stereocenters. The Morgan fingerprint density at radius 3 is 2.50 bits per heavy atom. The van der Waals surface area contributed by atoms with Crippen LogP contribution in [0, 0.1) is 13.8 Å². The molecule has 0 saturated carbocycles. The number of benzene rings is 1. The van der Waals surface area contributed by atoms with Gasteiger partial charge in [-0.05, 0) is 51.0 Å². The third-order valence-electron chi connectivity index (χ3n) is 4.57. The molecule has 1 fully saturated rings. The molecule has 1 unspecified atom stereocenters. The van der Waals surface area contributed by atoms with Gasteiger partial charge in [-0.1, -0.05) is 12.1 Å². The van der Waals surface area contributed by atoms with Gasteiger partial charge in [-0.25, -0.2) is 13.2 Å². The van der Waals surface area contributed by atoms with Crippen molar-refractivity contribution in [3.63, 3.8) is 0 Å². The number of hydrogen-bond donors (Lipinski definition) is 2. The number of rotatable bonds is 4. The lowest BCUT2D eigenvalue weighted by Crippen LogP contribution is -2.48. The molecule has 2 N–H and O–H groups in total. The van der Waals surface area contributed by atoms with E-state index in [1.807, 2.05) is 48.9 Å². The molecule has 2 aromatic rings. The van der Waals surface area contributed by atoms with E-state index in [0.717, 1.165) is 17.0 Å². The molecule has 2 heterocycles. The number of anilines is 1. The van der Waals surface area contributed by atoms with E-state index < -0.39 is 21.4 Å². The van der Waals surface area contributed by atoms with Crippen molar-refractivity contribution in [2.45, 2.75) is 39.3 Å². The molecule has 1 aliphatic heterocycles. The third kappa shape index (κ3) is 4.43. The predicted octanol–water partition coefficient (Wildman–Crippen LogP) is 2.25. The van der Waals surface area contributed by atoms with Crippen LogP contribution in [0.15, 0.2) is 30.3 Å². The van der Waals surface area contributed by atoms with Crippen LogP contribution in [0.2, 0.25) is 0 Å². The topological polar surface area (TPSA) is 93.1 Å². The standard InChI is InChI=1S/C18H24N4O3S/c1-13-10-14(2)22(21-13)11-15-4-6-16(7-5-15)19-17(23)20-18(3)8-9-26(24,25)12-18/h4-7,10H,8-9,11-12H2,1-3H3,(H2,19,20,23). The van der Waals surface area contributed by atoms with Gasteiger partial charge in [-0.15, -0.1) is 0 Å². The quantitative estimate of drug-likeness (QED) is 0.856. The third-order valence-corrected chi connectivity index (χ3v) is 6.47. The Balaban J connectivity index is 1.59. The molecule has 140 valence electrons. The van der Waals surface area contributed by atoms with Crippen LogP contribution in [0.5, 0.6) is 0 Å². The van der Waals surface area contributed by atoms with Crippen molar-refractivity contribution in [3.8, 4) is 0 Å². The molecule has 3 rings (SSSR count). The number of nitrogens with zero attached hydrogens (tertiary/aromatic N) is 2. The summed E-state index contributed by atoms with van der Waals surface area (Å²) in [5.41, 5.74) is 3.11. The van der Waals surface area contributed by atoms with E-state index in [-0.39, 0.29) is 11.5 Å². The molecule has 1 aromatic heterocycles. The van der Waals surface area contributed by atoms with Gasteiger partial charge in [0.1, 0.15) is 0 Å². The fourth-order valence-electron chi connectivity index (χ4n) is 3.25. The fourth-order valence-corrected chi connectivity index (χ4v) is 5.34. The lowest BCUT2D eigenvalue weighted by Gasteiger charge is -2.24. The summed E-state index contributed by atoms with van der Waals surface area (Å²) in [6.45, 7) is 6.41. The Hall–Kier alpha value is -2.35. The van der Waals surface area contributed by atoms with E-state index in [1.54, 1.807) is 6.92 Å². The molecule has 2 amide bonds. The predicted molar refractivity (Wildman–Crippen MR) is 101 cm³/mol. The average Bonchev–Trinajstić information content (AvgIpc) is 2.98. The zero-order valence-corrected chi connectivity index (χ0v) is 16.1. The van der Waals surface area contributed by atoms with Gasteiger partial charge in [0.05, 0.1) is 29.3 Å². The summed E-state index contributed by atoms with van der Waals surface area (Å²) in [5, 5.41) is 9.98. The van der Waals surface area contributed by atoms with Crippen molar-refractivity contribution in [1.29, 1.82) is 0 Å². The van der Waals surface area contributed by atoms with Crippen LogP contribution in [-0.2, 0) is 16.4 Å². The molecule has 7 nitrogen and oxygen atoms in total. The second-order valence-corrected chi connectivity index (χ2v) is 9.45. The van der Waals surface area contributed by atoms with Crippen molar-refractivity contribution in [2.24, 2.45) is 0 Å². The number of carbonyl (C=O) groups is 1. The Labute approximate surface area is 153 Å². The molecule has 0 spiro atoms. The summed E-state index contributed by atoms with van der Waals surface area (Å²) in [4.78, 5) is 12.2. The molecule has 1 saturated heterocycles. The highest BCUT2D eigenvalue weighted by Gasteiger charge is 2.39. The second-order valence-electron chi connectivity index (χ2n) is 7.26. The van der Waals surface area contributed by atoms with E-state index in [9.17, 15) is 13.2 Å². The Morgan fingerprint density at radius 2 is 1.96 bits per heavy atom. The SMILES string of the molecule is Cc1cc(C)n(Cc2ccc(NC(=O)NC3(C)CCS(=O)(=O)C3)cc2)n1. The maximum atomic E-state index is 12.2. The van der Waals surface area contributed by atoms with Crippen LogP contribution >= 0.6 is 0 Å². The van der Waals surface area contributed by atoms with E-state index in [0.29, 0.717) is 18.7 Å². The number of carbonyl (C=O) groups excluding carboxylic acids is 1. The molecule has 8 heteroatoms. The number of aromatic nitrogens is 2. The first-order valence-electron chi connectivity index (χ1n) is 8.54. The molecule has 1 aromatic carbocycles. The smallest absolute Gasteiger partial charge is 0.319 e. The fraction of sp³-hybridized carbons (Fsp3) is 0.444. The summed E-state index contributed by atoms with van der Waals surface area (Å²) in [6, 6.07) is 9.17. The van der Waals surface area contributed by atoms with Crippen LogP contribution < -0.4 is 10.6 Å². The number of sulfone groups is 1. The van der Waals surface area contributed by atoms with Crippen LogP contribution in [0.1, 0.15) is 30.3 Å². The van der Waals surface area contributed by atoms with Crippen LogP contribution in [-0.4, -0.2) is 41.3 Å². The van der Waals surface area contributed by atoms with Crippen LogP contribution in [0.3, 0.4) is 0 Å². The highest BCUT2D eigenvalue weighted by molar-refractivity contribution is 7.91. The van der Waals surface area contributed by atoms with Crippen LogP contribution in [0.4, 0.5) is 10.5 Å². The Morgan fingerprint density at radius 1 is 1.27 bits per heavy atom. The van der Waals surface area contributed by atoms with Gasteiger partial charge in [-0.2, -0.15) is 5.10 Å². The summed E-state index contributed by atoms with van der Waals surface area (Å²) in [7, 11) is -3.06. The molecule has 1 aliphatic rings. The highest BCUT2D eigenvalue weighted by Crippen LogP contribution is 2.23. The second kappa shape index (κ2) is 6.75. The summed E-state index contributed by atoms with van der Waals surface area (Å²) < 4.78 is 25.2. The largest absolute Gasteiger partial charge is 0.332 e. The summed E-state index contributed by atoms with van der Waals surface area (Å²) in [6.07, 6.45) is 0.435. The van der Waals surface area contributed by atoms with Gasteiger partial charge < -0.3 is 10.6 Å². The van der Waals surface area contributed by atoms with E-state index in [1.165, 1.54) is 0 Å². The number of amides is 2. The minimum absolute atomic E-state index is 0.0189. The first-order valence-corrected chi connectivity index (χ1v) is 10.4. The van der Waals surface area contributed by atoms with Gasteiger partial charge in [0.25, 0.3) is 0 Å². The minimum atomic E-state index is -3.06. The normalized spacial score (nSPS) is 21.5. The maximum Gasteiger partial charge on any atom is 0.319 e.